The molecule has 110 valence electrons. The number of nitrogens with two attached hydrogens (primary N) is 2. The van der Waals surface area contributed by atoms with Gasteiger partial charge in [-0.1, -0.05) is 6.92 Å². The first-order valence-electron chi connectivity index (χ1n) is 7.24. The summed E-state index contributed by atoms with van der Waals surface area (Å²) in [6, 6.07) is 0.216. The Morgan fingerprint density at radius 1 is 1.32 bits per heavy atom. The minimum Gasteiger partial charge on any atom is -0.369 e. The van der Waals surface area contributed by atoms with E-state index in [-0.39, 0.29) is 23.8 Å². The average molecular weight is 269 g/mol. The van der Waals surface area contributed by atoms with E-state index in [9.17, 15) is 9.59 Å². The molecule has 1 aliphatic rings. The Hall–Kier alpha value is -1.10. The molecular weight excluding hydrogens is 242 g/mol. The van der Waals surface area contributed by atoms with E-state index in [2.05, 4.69) is 6.92 Å². The van der Waals surface area contributed by atoms with E-state index in [0.29, 0.717) is 25.4 Å². The van der Waals surface area contributed by atoms with Gasteiger partial charge in [0.2, 0.25) is 11.8 Å². The summed E-state index contributed by atoms with van der Waals surface area (Å²) in [5.41, 5.74) is 10.9. The smallest absolute Gasteiger partial charge is 0.222 e. The third-order valence-electron chi connectivity index (χ3n) is 4.12. The molecule has 1 saturated heterocycles. The third kappa shape index (κ3) is 4.82. The number of hydrogen-bond donors (Lipinski definition) is 2. The zero-order chi connectivity index (χ0) is 14.4. The molecule has 0 saturated carbocycles. The maximum atomic E-state index is 12.2. The molecule has 0 aromatic carbocycles. The Kier molecular flexibility index (Phi) is 6.28. The van der Waals surface area contributed by atoms with Gasteiger partial charge in [0.05, 0.1) is 5.92 Å². The summed E-state index contributed by atoms with van der Waals surface area (Å²) < 4.78 is 0. The van der Waals surface area contributed by atoms with Crippen LogP contribution in [0.5, 0.6) is 0 Å². The average Bonchev–Trinajstić information content (AvgIpc) is 2.36. The van der Waals surface area contributed by atoms with E-state index in [1.54, 1.807) is 0 Å². The second kappa shape index (κ2) is 7.48. The summed E-state index contributed by atoms with van der Waals surface area (Å²) in [6.07, 6.45) is 4.01. The number of hydrogen-bond acceptors (Lipinski definition) is 3. The first-order chi connectivity index (χ1) is 8.95. The van der Waals surface area contributed by atoms with Gasteiger partial charge in [-0.25, -0.2) is 0 Å². The molecule has 1 aliphatic heterocycles. The summed E-state index contributed by atoms with van der Waals surface area (Å²) in [7, 11) is 0. The molecule has 0 bridgehead atoms. The van der Waals surface area contributed by atoms with Crippen LogP contribution in [0.1, 0.15) is 46.0 Å². The van der Waals surface area contributed by atoms with E-state index in [0.717, 1.165) is 25.7 Å². The second-order valence-electron chi connectivity index (χ2n) is 5.79. The fourth-order valence-corrected chi connectivity index (χ4v) is 2.63. The first kappa shape index (κ1) is 16.0. The predicted molar refractivity (Wildman–Crippen MR) is 75.2 cm³/mol. The number of rotatable bonds is 6. The Labute approximate surface area is 115 Å². The van der Waals surface area contributed by atoms with Crippen LogP contribution in [0, 0.1) is 11.8 Å². The van der Waals surface area contributed by atoms with Crippen LogP contribution >= 0.6 is 0 Å². The summed E-state index contributed by atoms with van der Waals surface area (Å²) in [5, 5.41) is 0. The van der Waals surface area contributed by atoms with E-state index >= 15 is 0 Å². The van der Waals surface area contributed by atoms with Gasteiger partial charge in [-0.2, -0.15) is 0 Å². The molecule has 0 aromatic rings. The summed E-state index contributed by atoms with van der Waals surface area (Å²) >= 11 is 0. The quantitative estimate of drug-likeness (QED) is 0.749. The lowest BCUT2D eigenvalue weighted by Gasteiger charge is -2.37. The lowest BCUT2D eigenvalue weighted by Crippen LogP contribution is -2.48. The summed E-state index contributed by atoms with van der Waals surface area (Å²) in [6.45, 7) is 5.31. The molecule has 1 heterocycles. The van der Waals surface area contributed by atoms with Gasteiger partial charge >= 0.3 is 0 Å². The second-order valence-corrected chi connectivity index (χ2v) is 5.79. The van der Waals surface area contributed by atoms with Crippen LogP contribution < -0.4 is 11.5 Å². The van der Waals surface area contributed by atoms with Gasteiger partial charge in [0.25, 0.3) is 0 Å². The molecule has 1 rings (SSSR count). The number of amides is 2. The van der Waals surface area contributed by atoms with Crippen molar-refractivity contribution in [3.63, 3.8) is 0 Å². The van der Waals surface area contributed by atoms with Crippen molar-refractivity contribution >= 4 is 11.8 Å². The minimum atomic E-state index is -0.291. The fraction of sp³-hybridized carbons (Fsp3) is 0.857. The van der Waals surface area contributed by atoms with Gasteiger partial charge in [-0.15, -0.1) is 0 Å². The highest BCUT2D eigenvalue weighted by Gasteiger charge is 2.31. The van der Waals surface area contributed by atoms with Gasteiger partial charge < -0.3 is 16.4 Å². The van der Waals surface area contributed by atoms with Crippen molar-refractivity contribution in [3.05, 3.63) is 0 Å². The van der Waals surface area contributed by atoms with E-state index in [1.165, 1.54) is 0 Å². The van der Waals surface area contributed by atoms with Crippen LogP contribution in [0.4, 0.5) is 0 Å². The molecule has 1 fully saturated rings. The molecule has 3 atom stereocenters. The highest BCUT2D eigenvalue weighted by molar-refractivity contribution is 5.80. The highest BCUT2D eigenvalue weighted by Crippen LogP contribution is 2.23. The summed E-state index contributed by atoms with van der Waals surface area (Å²) in [5.74, 6) is 0.145. The van der Waals surface area contributed by atoms with Crippen molar-refractivity contribution < 1.29 is 9.59 Å². The molecule has 0 spiro atoms. The van der Waals surface area contributed by atoms with Crippen molar-refractivity contribution in [1.82, 2.24) is 4.90 Å². The van der Waals surface area contributed by atoms with Gasteiger partial charge in [0.15, 0.2) is 0 Å². The topological polar surface area (TPSA) is 89.4 Å². The van der Waals surface area contributed by atoms with Gasteiger partial charge in [0.1, 0.15) is 0 Å². The molecular formula is C14H27N3O2. The van der Waals surface area contributed by atoms with E-state index < -0.39 is 0 Å². The van der Waals surface area contributed by atoms with Gasteiger partial charge in [0, 0.05) is 19.0 Å². The van der Waals surface area contributed by atoms with Crippen molar-refractivity contribution in [1.29, 1.82) is 0 Å². The highest BCUT2D eigenvalue weighted by atomic mass is 16.2. The summed E-state index contributed by atoms with van der Waals surface area (Å²) in [4.78, 5) is 25.3. The first-order valence-corrected chi connectivity index (χ1v) is 7.24. The fourth-order valence-electron chi connectivity index (χ4n) is 2.63. The lowest BCUT2D eigenvalue weighted by atomic mass is 9.92. The minimum absolute atomic E-state index is 0.141. The zero-order valence-electron chi connectivity index (χ0n) is 12.1. The number of nitrogens with zero attached hydrogens (tertiary/aromatic N) is 1. The van der Waals surface area contributed by atoms with Gasteiger partial charge in [-0.3, -0.25) is 9.59 Å². The largest absolute Gasteiger partial charge is 0.369 e. The van der Waals surface area contributed by atoms with Gasteiger partial charge in [-0.05, 0) is 45.1 Å². The maximum Gasteiger partial charge on any atom is 0.222 e. The van der Waals surface area contributed by atoms with Crippen LogP contribution in [0.15, 0.2) is 0 Å². The molecule has 5 heteroatoms. The van der Waals surface area contributed by atoms with Crippen molar-refractivity contribution in [2.75, 3.05) is 13.1 Å². The Morgan fingerprint density at radius 3 is 2.58 bits per heavy atom. The Morgan fingerprint density at radius 2 is 2.00 bits per heavy atom. The van der Waals surface area contributed by atoms with Crippen LogP contribution in [-0.4, -0.2) is 35.8 Å². The monoisotopic (exact) mass is 269 g/mol. The van der Waals surface area contributed by atoms with E-state index in [4.69, 9.17) is 11.5 Å². The van der Waals surface area contributed by atoms with Crippen LogP contribution in [0.25, 0.3) is 0 Å². The molecule has 4 N–H and O–H groups in total. The van der Waals surface area contributed by atoms with Crippen molar-refractivity contribution in [2.24, 2.45) is 23.3 Å². The number of carbonyl (C=O) groups excluding carboxylic acids is 2. The molecule has 0 radical (unpaired) electrons. The van der Waals surface area contributed by atoms with Crippen LogP contribution in [-0.2, 0) is 9.59 Å². The maximum absolute atomic E-state index is 12.2. The zero-order valence-corrected chi connectivity index (χ0v) is 12.1. The standard InChI is InChI=1S/C14H27N3O2/c1-10(7-8-15)3-6-13(18)17-9-12(14(16)19)5-4-11(17)2/h10-12H,3-9,15H2,1-2H3,(H2,16,19). The Balaban J connectivity index is 2.47. The molecule has 5 nitrogen and oxygen atoms in total. The number of likely N-dealkylation sites (tertiary alicyclic amines) is 1. The third-order valence-corrected chi connectivity index (χ3v) is 4.12. The lowest BCUT2D eigenvalue weighted by molar-refractivity contribution is -0.137. The number of primary amides is 1. The number of carbonyl (C=O) groups is 2. The molecule has 0 aromatic heterocycles. The van der Waals surface area contributed by atoms with Crippen molar-refractivity contribution in [3.8, 4) is 0 Å². The molecule has 2 amide bonds. The number of piperidine rings is 1. The van der Waals surface area contributed by atoms with Crippen LogP contribution in [0.3, 0.4) is 0 Å². The molecule has 19 heavy (non-hydrogen) atoms. The molecule has 3 unspecified atom stereocenters. The predicted octanol–water partition coefficient (Wildman–Crippen LogP) is 0.864. The SMILES string of the molecule is CC(CCN)CCC(=O)N1CC(C(N)=O)CCC1C. The van der Waals surface area contributed by atoms with E-state index in [1.807, 2.05) is 11.8 Å². The van der Waals surface area contributed by atoms with Crippen molar-refractivity contribution in [2.45, 2.75) is 52.0 Å². The molecule has 0 aliphatic carbocycles. The Bertz CT molecular complexity index is 320. The normalized spacial score (nSPS) is 25.1. The van der Waals surface area contributed by atoms with Crippen LogP contribution in [0.2, 0.25) is 0 Å².